The van der Waals surface area contributed by atoms with Gasteiger partial charge in [0.25, 0.3) is 5.56 Å². The second-order valence-corrected chi connectivity index (χ2v) is 6.28. The lowest BCUT2D eigenvalue weighted by molar-refractivity contribution is -0.111. The van der Waals surface area contributed by atoms with Crippen molar-refractivity contribution in [3.63, 3.8) is 0 Å². The lowest BCUT2D eigenvalue weighted by Crippen LogP contribution is -2.22. The molecule has 0 radical (unpaired) electrons. The number of carbonyl (C=O) groups excluding carboxylic acids is 1. The lowest BCUT2D eigenvalue weighted by atomic mass is 10.3. The minimum atomic E-state index is -0.437. The Balaban J connectivity index is 1.59. The van der Waals surface area contributed by atoms with Crippen molar-refractivity contribution in [2.45, 2.75) is 6.92 Å². The van der Waals surface area contributed by atoms with E-state index in [0.29, 0.717) is 22.7 Å². The molecule has 0 saturated carbocycles. The van der Waals surface area contributed by atoms with Gasteiger partial charge in [-0.3, -0.25) is 14.3 Å². The van der Waals surface area contributed by atoms with E-state index in [-0.39, 0.29) is 11.2 Å². The van der Waals surface area contributed by atoms with Gasteiger partial charge in [0.05, 0.1) is 11.4 Å². The van der Waals surface area contributed by atoms with E-state index in [2.05, 4.69) is 10.3 Å². The maximum absolute atomic E-state index is 12.8. The molecule has 0 spiro atoms. The monoisotopic (exact) mass is 374 g/mol. The fourth-order valence-corrected chi connectivity index (χ4v) is 2.99. The predicted octanol–water partition coefficient (Wildman–Crippen LogP) is 3.28. The molecule has 0 aliphatic carbocycles. The molecule has 2 aromatic heterocycles. The fraction of sp³-hybridized carbons (Fsp3) is 0.0952. The van der Waals surface area contributed by atoms with Gasteiger partial charge in [0, 0.05) is 19.2 Å². The Morgan fingerprint density at radius 3 is 2.57 bits per heavy atom. The highest BCUT2D eigenvalue weighted by molar-refractivity contribution is 6.02. The highest BCUT2D eigenvalue weighted by Gasteiger charge is 2.17. The highest BCUT2D eigenvalue weighted by atomic mass is 16.3. The van der Waals surface area contributed by atoms with E-state index in [1.807, 2.05) is 48.5 Å². The first-order valence-electron chi connectivity index (χ1n) is 8.73. The van der Waals surface area contributed by atoms with Crippen LogP contribution in [0, 0.1) is 6.92 Å². The van der Waals surface area contributed by atoms with Crippen molar-refractivity contribution in [3.05, 3.63) is 82.6 Å². The average Bonchev–Trinajstić information content (AvgIpc) is 3.21. The van der Waals surface area contributed by atoms with Crippen molar-refractivity contribution in [2.24, 2.45) is 7.05 Å². The zero-order valence-corrected chi connectivity index (χ0v) is 15.4. The molecule has 0 fully saturated rings. The summed E-state index contributed by atoms with van der Waals surface area (Å²) in [6.45, 7) is 1.78. The van der Waals surface area contributed by atoms with E-state index in [1.54, 1.807) is 24.7 Å². The molecule has 1 amide bonds. The summed E-state index contributed by atoms with van der Waals surface area (Å²) < 4.78 is 8.76. The van der Waals surface area contributed by atoms with E-state index in [4.69, 9.17) is 4.42 Å². The Morgan fingerprint density at radius 1 is 1.11 bits per heavy atom. The van der Waals surface area contributed by atoms with Gasteiger partial charge in [0.2, 0.25) is 11.8 Å². The maximum atomic E-state index is 12.8. The third-order valence-electron chi connectivity index (χ3n) is 4.49. The standard InChI is InChI=1S/C21H18N4O3/c1-14-20(21(27)25(24(14)2)15-8-4-3-5-9-15)23-18(26)12-13-19-22-16-10-6-7-11-17(16)28-19/h3-13H,1-2H3,(H,23,26)/b13-12+. The fourth-order valence-electron chi connectivity index (χ4n) is 2.99. The molecule has 4 aromatic rings. The van der Waals surface area contributed by atoms with Gasteiger partial charge in [-0.1, -0.05) is 30.3 Å². The molecule has 0 unspecified atom stereocenters. The van der Waals surface area contributed by atoms with Gasteiger partial charge in [-0.2, -0.15) is 0 Å². The average molecular weight is 374 g/mol. The number of carbonyl (C=O) groups is 1. The van der Waals surface area contributed by atoms with Crippen molar-refractivity contribution in [1.82, 2.24) is 14.3 Å². The van der Waals surface area contributed by atoms with Gasteiger partial charge in [-0.15, -0.1) is 0 Å². The molecule has 7 heteroatoms. The third-order valence-corrected chi connectivity index (χ3v) is 4.49. The maximum Gasteiger partial charge on any atom is 0.295 e. The van der Waals surface area contributed by atoms with Crippen LogP contribution in [0.3, 0.4) is 0 Å². The van der Waals surface area contributed by atoms with Crippen LogP contribution in [0.25, 0.3) is 22.9 Å². The minimum absolute atomic E-state index is 0.235. The molecule has 2 heterocycles. The predicted molar refractivity (Wildman–Crippen MR) is 107 cm³/mol. The smallest absolute Gasteiger partial charge is 0.295 e. The second kappa shape index (κ2) is 7.03. The van der Waals surface area contributed by atoms with Gasteiger partial charge in [0.15, 0.2) is 5.58 Å². The Morgan fingerprint density at radius 2 is 1.82 bits per heavy atom. The summed E-state index contributed by atoms with van der Waals surface area (Å²) >= 11 is 0. The molecule has 0 saturated heterocycles. The molecule has 0 aliphatic rings. The highest BCUT2D eigenvalue weighted by Crippen LogP contribution is 2.16. The number of rotatable bonds is 4. The van der Waals surface area contributed by atoms with Crippen LogP contribution < -0.4 is 10.9 Å². The number of nitrogens with zero attached hydrogens (tertiary/aromatic N) is 3. The van der Waals surface area contributed by atoms with E-state index in [9.17, 15) is 9.59 Å². The number of aromatic nitrogens is 3. The topological polar surface area (TPSA) is 82.1 Å². The Hall–Kier alpha value is -3.87. The Bertz CT molecular complexity index is 1210. The van der Waals surface area contributed by atoms with Crippen LogP contribution in [0.1, 0.15) is 11.6 Å². The Labute approximate surface area is 160 Å². The molecule has 2 aromatic carbocycles. The largest absolute Gasteiger partial charge is 0.437 e. The molecule has 0 bridgehead atoms. The number of benzene rings is 2. The molecule has 4 rings (SSSR count). The number of oxazole rings is 1. The van der Waals surface area contributed by atoms with Gasteiger partial charge in [0.1, 0.15) is 11.2 Å². The van der Waals surface area contributed by atoms with E-state index in [1.165, 1.54) is 16.8 Å². The van der Waals surface area contributed by atoms with Crippen LogP contribution in [0.5, 0.6) is 0 Å². The van der Waals surface area contributed by atoms with Gasteiger partial charge in [-0.25, -0.2) is 9.67 Å². The van der Waals surface area contributed by atoms with Crippen LogP contribution in [-0.4, -0.2) is 20.3 Å². The molecule has 1 N–H and O–H groups in total. The number of hydrogen-bond donors (Lipinski definition) is 1. The van der Waals surface area contributed by atoms with Gasteiger partial charge >= 0.3 is 0 Å². The van der Waals surface area contributed by atoms with Crippen molar-refractivity contribution in [3.8, 4) is 5.69 Å². The number of amides is 1. The van der Waals surface area contributed by atoms with E-state index in [0.717, 1.165) is 5.69 Å². The van der Waals surface area contributed by atoms with Crippen LogP contribution in [0.4, 0.5) is 5.69 Å². The quantitative estimate of drug-likeness (QED) is 0.556. The number of anilines is 1. The zero-order chi connectivity index (χ0) is 19.7. The van der Waals surface area contributed by atoms with Crippen LogP contribution >= 0.6 is 0 Å². The summed E-state index contributed by atoms with van der Waals surface area (Å²) in [7, 11) is 1.77. The summed E-state index contributed by atoms with van der Waals surface area (Å²) in [5.41, 5.74) is 2.67. The molecular weight excluding hydrogens is 356 g/mol. The first-order valence-corrected chi connectivity index (χ1v) is 8.73. The van der Waals surface area contributed by atoms with E-state index < -0.39 is 5.91 Å². The SMILES string of the molecule is Cc1c(NC(=O)/C=C/c2nc3ccccc3o2)c(=O)n(-c2ccccc2)n1C. The van der Waals surface area contributed by atoms with Crippen LogP contribution in [0.15, 0.2) is 69.9 Å². The Kier molecular flexibility index (Phi) is 4.41. The molecule has 7 nitrogen and oxygen atoms in total. The zero-order valence-electron chi connectivity index (χ0n) is 15.4. The minimum Gasteiger partial charge on any atom is -0.437 e. The number of hydrogen-bond acceptors (Lipinski definition) is 4. The number of fused-ring (bicyclic) bond motifs is 1. The summed E-state index contributed by atoms with van der Waals surface area (Å²) in [6, 6.07) is 16.6. The van der Waals surface area contributed by atoms with E-state index >= 15 is 0 Å². The van der Waals surface area contributed by atoms with Crippen molar-refractivity contribution >= 4 is 28.8 Å². The third kappa shape index (κ3) is 3.14. The van der Waals surface area contributed by atoms with Crippen molar-refractivity contribution < 1.29 is 9.21 Å². The summed E-state index contributed by atoms with van der Waals surface area (Å²) in [5, 5.41) is 2.66. The molecule has 28 heavy (non-hydrogen) atoms. The van der Waals surface area contributed by atoms with Gasteiger partial charge in [-0.05, 0) is 31.2 Å². The number of nitrogens with one attached hydrogen (secondary N) is 1. The lowest BCUT2D eigenvalue weighted by Gasteiger charge is -2.07. The van der Waals surface area contributed by atoms with Crippen LogP contribution in [0.2, 0.25) is 0 Å². The van der Waals surface area contributed by atoms with Crippen molar-refractivity contribution in [1.29, 1.82) is 0 Å². The summed E-state index contributed by atoms with van der Waals surface area (Å²) in [4.78, 5) is 29.4. The normalized spacial score (nSPS) is 11.4. The summed E-state index contributed by atoms with van der Waals surface area (Å²) in [6.07, 6.45) is 2.77. The first kappa shape index (κ1) is 17.5. The van der Waals surface area contributed by atoms with Gasteiger partial charge < -0.3 is 9.73 Å². The number of para-hydroxylation sites is 3. The van der Waals surface area contributed by atoms with Crippen molar-refractivity contribution in [2.75, 3.05) is 5.32 Å². The summed E-state index contributed by atoms with van der Waals surface area (Å²) in [5.74, 6) is -0.115. The molecular formula is C21H18N4O3. The van der Waals surface area contributed by atoms with Crippen LogP contribution in [-0.2, 0) is 11.8 Å². The second-order valence-electron chi connectivity index (χ2n) is 6.28. The molecule has 0 atom stereocenters. The molecule has 0 aliphatic heterocycles. The molecule has 140 valence electrons. The first-order chi connectivity index (χ1) is 13.5.